The molecule has 1 N–H and O–H groups in total. The molecule has 1 aromatic heterocycles. The van der Waals surface area contributed by atoms with Gasteiger partial charge < -0.3 is 14.8 Å². The van der Waals surface area contributed by atoms with E-state index in [-0.39, 0.29) is 11.5 Å². The van der Waals surface area contributed by atoms with Gasteiger partial charge in [-0.2, -0.15) is 5.10 Å². The lowest BCUT2D eigenvalue weighted by atomic mass is 10.3. The molecule has 0 bridgehead atoms. The maximum absolute atomic E-state index is 12.0. The normalized spacial score (nSPS) is 11.6. The highest BCUT2D eigenvalue weighted by Gasteiger charge is 2.14. The molecule has 0 radical (unpaired) electrons. The van der Waals surface area contributed by atoms with Crippen molar-refractivity contribution >= 4 is 5.91 Å². The molecule has 128 valence electrons. The summed E-state index contributed by atoms with van der Waals surface area (Å²) < 4.78 is 12.0. The van der Waals surface area contributed by atoms with Gasteiger partial charge in [0, 0.05) is 25.4 Å². The standard InChI is InChI=1S/C17H21N3O4/c1-13(24-15-8-6-14(23-2)7-9-15)17(22)18-10-4-12-20-16(21)5-3-11-19-20/h3,5-9,11,13H,4,10,12H2,1-2H3,(H,18,22). The van der Waals surface area contributed by atoms with Gasteiger partial charge in [0.1, 0.15) is 11.5 Å². The lowest BCUT2D eigenvalue weighted by Gasteiger charge is -2.15. The van der Waals surface area contributed by atoms with Crippen molar-refractivity contribution in [3.05, 3.63) is 52.9 Å². The molecule has 7 nitrogen and oxygen atoms in total. The van der Waals surface area contributed by atoms with Gasteiger partial charge in [0.2, 0.25) is 0 Å². The molecule has 1 heterocycles. The topological polar surface area (TPSA) is 82.4 Å². The average Bonchev–Trinajstić information content (AvgIpc) is 2.60. The first-order valence-electron chi connectivity index (χ1n) is 7.70. The van der Waals surface area contributed by atoms with Gasteiger partial charge in [0.25, 0.3) is 11.5 Å². The fourth-order valence-corrected chi connectivity index (χ4v) is 2.05. The van der Waals surface area contributed by atoms with Crippen LogP contribution in [0.2, 0.25) is 0 Å². The Morgan fingerprint density at radius 1 is 1.25 bits per heavy atom. The molecule has 0 aliphatic rings. The Balaban J connectivity index is 1.73. The highest BCUT2D eigenvalue weighted by atomic mass is 16.5. The molecule has 1 atom stereocenters. The number of nitrogens with zero attached hydrogens (tertiary/aromatic N) is 2. The Labute approximate surface area is 140 Å². The van der Waals surface area contributed by atoms with E-state index in [1.807, 2.05) is 0 Å². The van der Waals surface area contributed by atoms with Crippen molar-refractivity contribution in [3.8, 4) is 11.5 Å². The second-order valence-corrected chi connectivity index (χ2v) is 5.17. The maximum Gasteiger partial charge on any atom is 0.266 e. The summed E-state index contributed by atoms with van der Waals surface area (Å²) in [6, 6.07) is 10.1. The van der Waals surface area contributed by atoms with Crippen molar-refractivity contribution in [1.29, 1.82) is 0 Å². The molecular formula is C17H21N3O4. The summed E-state index contributed by atoms with van der Waals surface area (Å²) in [6.45, 7) is 2.58. The summed E-state index contributed by atoms with van der Waals surface area (Å²) in [7, 11) is 1.59. The molecule has 1 aromatic carbocycles. The summed E-state index contributed by atoms with van der Waals surface area (Å²) in [5.41, 5.74) is -0.153. The summed E-state index contributed by atoms with van der Waals surface area (Å²) in [5.74, 6) is 1.11. The molecule has 2 rings (SSSR count). The van der Waals surface area contributed by atoms with Crippen LogP contribution in [0.15, 0.2) is 47.4 Å². The van der Waals surface area contributed by atoms with E-state index in [0.29, 0.717) is 25.3 Å². The number of carbonyl (C=O) groups excluding carboxylic acids is 1. The quantitative estimate of drug-likeness (QED) is 0.736. The molecule has 0 saturated carbocycles. The largest absolute Gasteiger partial charge is 0.497 e. The third-order valence-corrected chi connectivity index (χ3v) is 3.37. The minimum atomic E-state index is -0.615. The maximum atomic E-state index is 12.0. The molecule has 0 aliphatic heterocycles. The van der Waals surface area contributed by atoms with Gasteiger partial charge in [-0.25, -0.2) is 4.68 Å². The van der Waals surface area contributed by atoms with Crippen LogP contribution in [0.25, 0.3) is 0 Å². The van der Waals surface area contributed by atoms with Crippen LogP contribution >= 0.6 is 0 Å². The lowest BCUT2D eigenvalue weighted by Crippen LogP contribution is -2.37. The predicted octanol–water partition coefficient (Wildman–Crippen LogP) is 1.23. The third kappa shape index (κ3) is 5.12. The first-order chi connectivity index (χ1) is 11.6. The van der Waals surface area contributed by atoms with Crippen molar-refractivity contribution in [2.75, 3.05) is 13.7 Å². The number of carbonyl (C=O) groups is 1. The van der Waals surface area contributed by atoms with Gasteiger partial charge in [-0.15, -0.1) is 0 Å². The predicted molar refractivity (Wildman–Crippen MR) is 89.2 cm³/mol. The Bertz CT molecular complexity index is 712. The summed E-state index contributed by atoms with van der Waals surface area (Å²) in [4.78, 5) is 23.5. The van der Waals surface area contributed by atoms with E-state index >= 15 is 0 Å². The van der Waals surface area contributed by atoms with Gasteiger partial charge in [0.15, 0.2) is 6.10 Å². The van der Waals surface area contributed by atoms with Crippen molar-refractivity contribution in [2.45, 2.75) is 26.0 Å². The second kappa shape index (κ2) is 8.71. The Kier molecular flexibility index (Phi) is 6.36. The van der Waals surface area contributed by atoms with E-state index in [1.54, 1.807) is 50.6 Å². The van der Waals surface area contributed by atoms with Crippen molar-refractivity contribution in [1.82, 2.24) is 15.1 Å². The number of hydrogen-bond donors (Lipinski definition) is 1. The van der Waals surface area contributed by atoms with E-state index in [0.717, 1.165) is 5.75 Å². The number of benzene rings is 1. The van der Waals surface area contributed by atoms with Gasteiger partial charge in [-0.05, 0) is 43.7 Å². The SMILES string of the molecule is COc1ccc(OC(C)C(=O)NCCCn2ncccc2=O)cc1. The zero-order valence-electron chi connectivity index (χ0n) is 13.8. The second-order valence-electron chi connectivity index (χ2n) is 5.17. The van der Waals surface area contributed by atoms with E-state index in [9.17, 15) is 9.59 Å². The smallest absolute Gasteiger partial charge is 0.266 e. The number of rotatable bonds is 8. The van der Waals surface area contributed by atoms with Crippen LogP contribution in [0.5, 0.6) is 11.5 Å². The fourth-order valence-electron chi connectivity index (χ4n) is 2.05. The highest BCUT2D eigenvalue weighted by molar-refractivity contribution is 5.80. The van der Waals surface area contributed by atoms with Crippen LogP contribution in [0, 0.1) is 0 Å². The first kappa shape index (κ1) is 17.5. The number of amides is 1. The zero-order chi connectivity index (χ0) is 17.4. The van der Waals surface area contributed by atoms with Crippen molar-refractivity contribution in [3.63, 3.8) is 0 Å². The van der Waals surface area contributed by atoms with Gasteiger partial charge in [-0.1, -0.05) is 0 Å². The molecule has 0 fully saturated rings. The summed E-state index contributed by atoms with van der Waals surface area (Å²) >= 11 is 0. The van der Waals surface area contributed by atoms with Crippen LogP contribution in [0.1, 0.15) is 13.3 Å². The van der Waals surface area contributed by atoms with Crippen LogP contribution < -0.4 is 20.3 Å². The zero-order valence-corrected chi connectivity index (χ0v) is 13.8. The fraction of sp³-hybridized carbons (Fsp3) is 0.353. The van der Waals surface area contributed by atoms with Crippen molar-refractivity contribution < 1.29 is 14.3 Å². The summed E-state index contributed by atoms with van der Waals surface area (Å²) in [5, 5.41) is 6.74. The van der Waals surface area contributed by atoms with Crippen LogP contribution in [-0.4, -0.2) is 35.4 Å². The van der Waals surface area contributed by atoms with Crippen LogP contribution in [-0.2, 0) is 11.3 Å². The average molecular weight is 331 g/mol. The molecular weight excluding hydrogens is 310 g/mol. The van der Waals surface area contributed by atoms with Crippen LogP contribution in [0.4, 0.5) is 0 Å². The van der Waals surface area contributed by atoms with Gasteiger partial charge in [-0.3, -0.25) is 9.59 Å². The number of nitrogens with one attached hydrogen (secondary N) is 1. The van der Waals surface area contributed by atoms with Gasteiger partial charge >= 0.3 is 0 Å². The molecule has 24 heavy (non-hydrogen) atoms. The highest BCUT2D eigenvalue weighted by Crippen LogP contribution is 2.18. The van der Waals surface area contributed by atoms with Gasteiger partial charge in [0.05, 0.1) is 7.11 Å². The minimum absolute atomic E-state index is 0.153. The Morgan fingerprint density at radius 2 is 1.96 bits per heavy atom. The number of ether oxygens (including phenoxy) is 2. The first-order valence-corrected chi connectivity index (χ1v) is 7.70. The molecule has 2 aromatic rings. The molecule has 0 saturated heterocycles. The molecule has 1 unspecified atom stereocenters. The lowest BCUT2D eigenvalue weighted by molar-refractivity contribution is -0.127. The van der Waals surface area contributed by atoms with Crippen LogP contribution in [0.3, 0.4) is 0 Å². The molecule has 0 aliphatic carbocycles. The number of hydrogen-bond acceptors (Lipinski definition) is 5. The molecule has 7 heteroatoms. The number of aromatic nitrogens is 2. The third-order valence-electron chi connectivity index (χ3n) is 3.37. The van der Waals surface area contributed by atoms with E-state index in [1.165, 1.54) is 10.7 Å². The van der Waals surface area contributed by atoms with E-state index < -0.39 is 6.10 Å². The molecule has 0 spiro atoms. The minimum Gasteiger partial charge on any atom is -0.497 e. The molecule has 1 amide bonds. The number of aryl methyl sites for hydroxylation is 1. The summed E-state index contributed by atoms with van der Waals surface area (Å²) in [6.07, 6.45) is 1.55. The van der Waals surface area contributed by atoms with Crippen molar-refractivity contribution in [2.24, 2.45) is 0 Å². The monoisotopic (exact) mass is 331 g/mol. The van der Waals surface area contributed by atoms with E-state index in [4.69, 9.17) is 9.47 Å². The number of methoxy groups -OCH3 is 1. The Hall–Kier alpha value is -2.83. The van der Waals surface area contributed by atoms with E-state index in [2.05, 4.69) is 10.4 Å². The Morgan fingerprint density at radius 3 is 2.62 bits per heavy atom.